The zero-order valence-corrected chi connectivity index (χ0v) is 9.11. The van der Waals surface area contributed by atoms with Gasteiger partial charge in [0.15, 0.2) is 0 Å². The maximum atomic E-state index is 11.5. The summed E-state index contributed by atoms with van der Waals surface area (Å²) in [6.45, 7) is 1.97. The molecule has 14 heavy (non-hydrogen) atoms. The predicted molar refractivity (Wildman–Crippen MR) is 55.1 cm³/mol. The van der Waals surface area contributed by atoms with E-state index in [0.717, 1.165) is 0 Å². The molecule has 0 saturated carbocycles. The van der Waals surface area contributed by atoms with Gasteiger partial charge in [0, 0.05) is 6.54 Å². The summed E-state index contributed by atoms with van der Waals surface area (Å²) in [4.78, 5) is -0.0477. The molecule has 6 heteroatoms. The standard InChI is InChI=1S/C8H10ClN2O2S/c1-2-11-14(12,13)8-5-6(10)3-4-7(8)9/h3-5,10-11H,2H2,1H3. The second-order valence-corrected chi connectivity index (χ2v) is 4.79. The molecule has 0 heterocycles. The molecule has 77 valence electrons. The second kappa shape index (κ2) is 4.16. The van der Waals surface area contributed by atoms with Crippen LogP contribution in [0.1, 0.15) is 6.92 Å². The highest BCUT2D eigenvalue weighted by molar-refractivity contribution is 7.89. The van der Waals surface area contributed by atoms with Crippen molar-refractivity contribution in [2.45, 2.75) is 11.8 Å². The maximum absolute atomic E-state index is 11.5. The fourth-order valence-corrected chi connectivity index (χ4v) is 2.54. The van der Waals surface area contributed by atoms with Crippen molar-refractivity contribution in [1.82, 2.24) is 10.5 Å². The first-order valence-electron chi connectivity index (χ1n) is 3.98. The molecule has 0 spiro atoms. The van der Waals surface area contributed by atoms with Crippen molar-refractivity contribution in [1.29, 1.82) is 0 Å². The normalized spacial score (nSPS) is 11.6. The Morgan fingerprint density at radius 1 is 1.50 bits per heavy atom. The van der Waals surface area contributed by atoms with Crippen LogP contribution in [0.2, 0.25) is 5.02 Å². The van der Waals surface area contributed by atoms with Crippen molar-refractivity contribution >= 4 is 27.3 Å². The number of halogens is 1. The molecule has 1 aromatic rings. The first-order chi connectivity index (χ1) is 6.47. The number of nitrogens with one attached hydrogen (secondary N) is 2. The van der Waals surface area contributed by atoms with E-state index in [1.54, 1.807) is 6.92 Å². The Morgan fingerprint density at radius 3 is 2.71 bits per heavy atom. The number of sulfonamides is 1. The van der Waals surface area contributed by atoms with Crippen LogP contribution < -0.4 is 10.5 Å². The molecule has 0 aliphatic rings. The monoisotopic (exact) mass is 233 g/mol. The predicted octanol–water partition coefficient (Wildman–Crippen LogP) is 1.55. The molecule has 0 fully saturated rings. The van der Waals surface area contributed by atoms with Crippen molar-refractivity contribution in [2.24, 2.45) is 0 Å². The Balaban J connectivity index is 3.25. The van der Waals surface area contributed by atoms with Crippen molar-refractivity contribution in [3.63, 3.8) is 0 Å². The third-order valence-electron chi connectivity index (χ3n) is 1.56. The Kier molecular flexibility index (Phi) is 3.36. The highest BCUT2D eigenvalue weighted by Gasteiger charge is 2.16. The smallest absolute Gasteiger partial charge is 0.242 e. The van der Waals surface area contributed by atoms with Gasteiger partial charge in [-0.1, -0.05) is 18.5 Å². The van der Waals surface area contributed by atoms with Crippen LogP contribution in [0.15, 0.2) is 23.1 Å². The lowest BCUT2D eigenvalue weighted by molar-refractivity contribution is 0.584. The van der Waals surface area contributed by atoms with Gasteiger partial charge in [0.1, 0.15) is 4.90 Å². The number of benzene rings is 1. The average molecular weight is 234 g/mol. The molecule has 0 aliphatic heterocycles. The van der Waals surface area contributed by atoms with E-state index in [4.69, 9.17) is 17.3 Å². The molecule has 1 aromatic carbocycles. The van der Waals surface area contributed by atoms with Gasteiger partial charge in [0.05, 0.1) is 10.7 Å². The minimum atomic E-state index is -3.57. The van der Waals surface area contributed by atoms with Gasteiger partial charge in [-0.2, -0.15) is 0 Å². The van der Waals surface area contributed by atoms with Gasteiger partial charge in [-0.15, -0.1) is 0 Å². The lowest BCUT2D eigenvalue weighted by atomic mass is 10.3. The first-order valence-corrected chi connectivity index (χ1v) is 5.84. The molecule has 0 amide bonds. The van der Waals surface area contributed by atoms with E-state index in [9.17, 15) is 8.42 Å². The van der Waals surface area contributed by atoms with Crippen LogP contribution in [-0.4, -0.2) is 15.0 Å². The minimum absolute atomic E-state index is 0.0477. The van der Waals surface area contributed by atoms with Gasteiger partial charge < -0.3 is 5.73 Å². The van der Waals surface area contributed by atoms with E-state index in [0.29, 0.717) is 6.54 Å². The first kappa shape index (κ1) is 11.3. The molecule has 0 atom stereocenters. The summed E-state index contributed by atoms with van der Waals surface area (Å²) in [5.41, 5.74) is 7.41. The lowest BCUT2D eigenvalue weighted by Gasteiger charge is -2.06. The van der Waals surface area contributed by atoms with Crippen LogP contribution in [0, 0.1) is 0 Å². The van der Waals surface area contributed by atoms with E-state index in [2.05, 4.69) is 4.72 Å². The van der Waals surface area contributed by atoms with Crippen molar-refractivity contribution in [3.05, 3.63) is 23.2 Å². The molecule has 0 unspecified atom stereocenters. The van der Waals surface area contributed by atoms with Crippen LogP contribution in [0.4, 0.5) is 5.69 Å². The Labute approximate surface area is 88.1 Å². The average Bonchev–Trinajstić information content (AvgIpc) is 2.09. The van der Waals surface area contributed by atoms with Crippen LogP contribution >= 0.6 is 11.6 Å². The molecule has 0 aliphatic carbocycles. The van der Waals surface area contributed by atoms with Gasteiger partial charge in [-0.05, 0) is 18.2 Å². The van der Waals surface area contributed by atoms with Gasteiger partial charge in [0.25, 0.3) is 0 Å². The van der Waals surface area contributed by atoms with E-state index < -0.39 is 10.0 Å². The largest absolute Gasteiger partial charge is 0.301 e. The third-order valence-corrected chi connectivity index (χ3v) is 3.58. The number of hydrogen-bond acceptors (Lipinski definition) is 2. The summed E-state index contributed by atoms with van der Waals surface area (Å²) in [6.07, 6.45) is 0. The van der Waals surface area contributed by atoms with Crippen LogP contribution in [0.5, 0.6) is 0 Å². The second-order valence-electron chi connectivity index (χ2n) is 2.65. The fraction of sp³-hybridized carbons (Fsp3) is 0.250. The van der Waals surface area contributed by atoms with Crippen molar-refractivity contribution in [3.8, 4) is 0 Å². The summed E-state index contributed by atoms with van der Waals surface area (Å²) in [5.74, 6) is 0. The topological polar surface area (TPSA) is 70.0 Å². The summed E-state index contributed by atoms with van der Waals surface area (Å²) in [6, 6.07) is 4.06. The van der Waals surface area contributed by atoms with Crippen molar-refractivity contribution < 1.29 is 8.42 Å². The molecule has 0 bridgehead atoms. The summed E-state index contributed by atoms with van der Waals surface area (Å²) in [7, 11) is -3.57. The van der Waals surface area contributed by atoms with E-state index in [-0.39, 0.29) is 15.6 Å². The number of rotatable bonds is 3. The van der Waals surface area contributed by atoms with E-state index in [1.807, 2.05) is 0 Å². The van der Waals surface area contributed by atoms with Gasteiger partial charge in [-0.3, -0.25) is 0 Å². The Bertz CT molecular complexity index is 431. The molecule has 1 rings (SSSR count). The lowest BCUT2D eigenvalue weighted by Crippen LogP contribution is -2.23. The summed E-state index contributed by atoms with van der Waals surface area (Å²) in [5, 5.41) is 0.127. The maximum Gasteiger partial charge on any atom is 0.242 e. The molecular weight excluding hydrogens is 224 g/mol. The molecule has 4 nitrogen and oxygen atoms in total. The quantitative estimate of drug-likeness (QED) is 0.861. The third kappa shape index (κ3) is 2.37. The summed E-state index contributed by atoms with van der Waals surface area (Å²) < 4.78 is 25.4. The van der Waals surface area contributed by atoms with E-state index in [1.165, 1.54) is 18.2 Å². The van der Waals surface area contributed by atoms with Gasteiger partial charge in [0.2, 0.25) is 10.0 Å². The SMILES string of the molecule is CCNS(=O)(=O)c1cc([NH])ccc1Cl. The number of hydrogen-bond donors (Lipinski definition) is 1. The summed E-state index contributed by atoms with van der Waals surface area (Å²) >= 11 is 5.71. The van der Waals surface area contributed by atoms with E-state index >= 15 is 0 Å². The highest BCUT2D eigenvalue weighted by Crippen LogP contribution is 2.23. The van der Waals surface area contributed by atoms with Gasteiger partial charge >= 0.3 is 0 Å². The minimum Gasteiger partial charge on any atom is -0.301 e. The highest BCUT2D eigenvalue weighted by atomic mass is 35.5. The molecule has 0 saturated heterocycles. The Hall–Kier alpha value is -0.780. The molecule has 1 radical (unpaired) electrons. The Morgan fingerprint density at radius 2 is 2.14 bits per heavy atom. The zero-order valence-electron chi connectivity index (χ0n) is 7.54. The van der Waals surface area contributed by atoms with Crippen molar-refractivity contribution in [2.75, 3.05) is 6.54 Å². The van der Waals surface area contributed by atoms with Crippen LogP contribution in [-0.2, 0) is 10.0 Å². The zero-order chi connectivity index (χ0) is 10.8. The molecular formula is C8H10ClN2O2S. The van der Waals surface area contributed by atoms with Gasteiger partial charge in [-0.25, -0.2) is 13.1 Å². The molecule has 2 N–H and O–H groups in total. The molecule has 0 aromatic heterocycles. The van der Waals surface area contributed by atoms with Crippen LogP contribution in [0.3, 0.4) is 0 Å². The van der Waals surface area contributed by atoms with Crippen LogP contribution in [0.25, 0.3) is 0 Å². The fourth-order valence-electron chi connectivity index (χ4n) is 0.977.